The van der Waals surface area contributed by atoms with Gasteiger partial charge in [-0.15, -0.1) is 6.58 Å². The van der Waals surface area contributed by atoms with Gasteiger partial charge in [-0.1, -0.05) is 12.5 Å². The van der Waals surface area contributed by atoms with E-state index < -0.39 is 0 Å². The molecule has 0 saturated heterocycles. The van der Waals surface area contributed by atoms with E-state index in [0.29, 0.717) is 0 Å². The first-order valence-corrected chi connectivity index (χ1v) is 5.79. The molecule has 0 saturated carbocycles. The van der Waals surface area contributed by atoms with Crippen LogP contribution in [0.25, 0.3) is 0 Å². The number of rotatable bonds is 6. The fourth-order valence-corrected chi connectivity index (χ4v) is 1.57. The Morgan fingerprint density at radius 1 is 1.44 bits per heavy atom. The summed E-state index contributed by atoms with van der Waals surface area (Å²) in [7, 11) is 0. The van der Waals surface area contributed by atoms with Crippen LogP contribution in [-0.4, -0.2) is 16.5 Å². The maximum Gasteiger partial charge on any atom is 0.0756 e. The summed E-state index contributed by atoms with van der Waals surface area (Å²) in [5, 5.41) is 3.43. The smallest absolute Gasteiger partial charge is 0.0756 e. The highest BCUT2D eigenvalue weighted by Gasteiger charge is 2.11. The standard InChI is InChI=1S/C13H21N3/c1-5-14-12(7-6-10(2)3)13-9-15-11(4)8-16-13/h8-9,12,14H,2,5-7H2,1,3-4H3. The van der Waals surface area contributed by atoms with Crippen LogP contribution < -0.4 is 5.32 Å². The zero-order valence-electron chi connectivity index (χ0n) is 10.5. The molecule has 3 heteroatoms. The molecule has 1 atom stereocenters. The molecule has 1 aromatic rings. The Morgan fingerprint density at radius 2 is 2.19 bits per heavy atom. The van der Waals surface area contributed by atoms with Gasteiger partial charge >= 0.3 is 0 Å². The monoisotopic (exact) mass is 219 g/mol. The van der Waals surface area contributed by atoms with Crippen LogP contribution in [0.2, 0.25) is 0 Å². The van der Waals surface area contributed by atoms with Crippen LogP contribution in [0.4, 0.5) is 0 Å². The van der Waals surface area contributed by atoms with Gasteiger partial charge in [-0.25, -0.2) is 0 Å². The number of aromatic nitrogens is 2. The van der Waals surface area contributed by atoms with Crippen LogP contribution in [0.3, 0.4) is 0 Å². The number of hydrogen-bond acceptors (Lipinski definition) is 3. The molecule has 0 bridgehead atoms. The second-order valence-electron chi connectivity index (χ2n) is 4.19. The quantitative estimate of drug-likeness (QED) is 0.748. The number of hydrogen-bond donors (Lipinski definition) is 1. The first-order chi connectivity index (χ1) is 7.63. The third-order valence-corrected chi connectivity index (χ3v) is 2.47. The second kappa shape index (κ2) is 6.38. The Balaban J connectivity index is 2.68. The molecule has 1 heterocycles. The minimum absolute atomic E-state index is 0.287. The number of aryl methyl sites for hydroxylation is 1. The van der Waals surface area contributed by atoms with Gasteiger partial charge in [0, 0.05) is 6.20 Å². The molecule has 1 aromatic heterocycles. The van der Waals surface area contributed by atoms with E-state index in [1.54, 1.807) is 0 Å². The minimum Gasteiger partial charge on any atom is -0.309 e. The van der Waals surface area contributed by atoms with Crippen molar-refractivity contribution in [3.05, 3.63) is 35.9 Å². The van der Waals surface area contributed by atoms with Gasteiger partial charge in [-0.05, 0) is 33.2 Å². The van der Waals surface area contributed by atoms with Gasteiger partial charge < -0.3 is 5.32 Å². The molecule has 0 aliphatic rings. The summed E-state index contributed by atoms with van der Waals surface area (Å²) in [5.74, 6) is 0. The molecule has 0 aliphatic carbocycles. The Morgan fingerprint density at radius 3 is 2.69 bits per heavy atom. The fraction of sp³-hybridized carbons (Fsp3) is 0.538. The SMILES string of the molecule is C=C(C)CCC(NCC)c1cnc(C)cn1. The van der Waals surface area contributed by atoms with Gasteiger partial charge in [0.15, 0.2) is 0 Å². The Bertz CT molecular complexity index is 330. The van der Waals surface area contributed by atoms with Gasteiger partial charge in [0.05, 0.1) is 23.6 Å². The third kappa shape index (κ3) is 4.11. The first-order valence-electron chi connectivity index (χ1n) is 5.79. The summed E-state index contributed by atoms with van der Waals surface area (Å²) >= 11 is 0. The van der Waals surface area contributed by atoms with Crippen molar-refractivity contribution in [2.45, 2.75) is 39.7 Å². The van der Waals surface area contributed by atoms with E-state index in [1.807, 2.05) is 19.3 Å². The van der Waals surface area contributed by atoms with Crippen molar-refractivity contribution >= 4 is 0 Å². The maximum atomic E-state index is 4.42. The molecule has 0 amide bonds. The first kappa shape index (κ1) is 12.8. The molecule has 3 nitrogen and oxygen atoms in total. The van der Waals surface area contributed by atoms with E-state index in [1.165, 1.54) is 5.57 Å². The summed E-state index contributed by atoms with van der Waals surface area (Å²) < 4.78 is 0. The predicted molar refractivity (Wildman–Crippen MR) is 67.2 cm³/mol. The average molecular weight is 219 g/mol. The van der Waals surface area contributed by atoms with Crippen LogP contribution >= 0.6 is 0 Å². The molecule has 1 rings (SSSR count). The summed E-state index contributed by atoms with van der Waals surface area (Å²) in [6, 6.07) is 0.287. The van der Waals surface area contributed by atoms with Crippen molar-refractivity contribution in [2.75, 3.05) is 6.54 Å². The van der Waals surface area contributed by atoms with E-state index in [-0.39, 0.29) is 6.04 Å². The third-order valence-electron chi connectivity index (χ3n) is 2.47. The molecule has 88 valence electrons. The largest absolute Gasteiger partial charge is 0.309 e. The van der Waals surface area contributed by atoms with E-state index in [4.69, 9.17) is 0 Å². The molecule has 0 spiro atoms. The van der Waals surface area contributed by atoms with Gasteiger partial charge in [0.1, 0.15) is 0 Å². The summed E-state index contributed by atoms with van der Waals surface area (Å²) in [4.78, 5) is 8.70. The lowest BCUT2D eigenvalue weighted by Crippen LogP contribution is -2.22. The highest BCUT2D eigenvalue weighted by Crippen LogP contribution is 2.17. The van der Waals surface area contributed by atoms with Crippen LogP contribution in [-0.2, 0) is 0 Å². The summed E-state index contributed by atoms with van der Waals surface area (Å²) in [5.41, 5.74) is 3.19. The lowest BCUT2D eigenvalue weighted by atomic mass is 10.1. The van der Waals surface area contributed by atoms with Crippen LogP contribution in [0.15, 0.2) is 24.5 Å². The lowest BCUT2D eigenvalue weighted by Gasteiger charge is -2.17. The molecule has 16 heavy (non-hydrogen) atoms. The summed E-state index contributed by atoms with van der Waals surface area (Å²) in [6.45, 7) is 11.0. The normalized spacial score (nSPS) is 12.4. The maximum absolute atomic E-state index is 4.42. The molecular formula is C13H21N3. The Hall–Kier alpha value is -1.22. The van der Waals surface area contributed by atoms with E-state index in [2.05, 4.69) is 35.7 Å². The zero-order chi connectivity index (χ0) is 12.0. The fourth-order valence-electron chi connectivity index (χ4n) is 1.57. The zero-order valence-corrected chi connectivity index (χ0v) is 10.5. The van der Waals surface area contributed by atoms with Crippen LogP contribution in [0.1, 0.15) is 44.1 Å². The van der Waals surface area contributed by atoms with Crippen LogP contribution in [0, 0.1) is 6.92 Å². The molecule has 0 aliphatic heterocycles. The second-order valence-corrected chi connectivity index (χ2v) is 4.19. The molecule has 0 fully saturated rings. The Labute approximate surface area is 98.0 Å². The van der Waals surface area contributed by atoms with Gasteiger partial charge in [-0.3, -0.25) is 9.97 Å². The minimum atomic E-state index is 0.287. The van der Waals surface area contributed by atoms with Gasteiger partial charge in [0.25, 0.3) is 0 Å². The van der Waals surface area contributed by atoms with Gasteiger partial charge in [-0.2, -0.15) is 0 Å². The van der Waals surface area contributed by atoms with E-state index in [9.17, 15) is 0 Å². The van der Waals surface area contributed by atoms with Crippen molar-refractivity contribution in [2.24, 2.45) is 0 Å². The van der Waals surface area contributed by atoms with Crippen LogP contribution in [0.5, 0.6) is 0 Å². The molecule has 1 N–H and O–H groups in total. The van der Waals surface area contributed by atoms with Crippen molar-refractivity contribution in [3.63, 3.8) is 0 Å². The molecule has 0 aromatic carbocycles. The van der Waals surface area contributed by atoms with Crippen molar-refractivity contribution < 1.29 is 0 Å². The summed E-state index contributed by atoms with van der Waals surface area (Å²) in [6.07, 6.45) is 5.73. The Kier molecular flexibility index (Phi) is 5.12. The van der Waals surface area contributed by atoms with Crippen molar-refractivity contribution in [3.8, 4) is 0 Å². The topological polar surface area (TPSA) is 37.8 Å². The number of nitrogens with one attached hydrogen (secondary N) is 1. The van der Waals surface area contributed by atoms with Crippen molar-refractivity contribution in [1.82, 2.24) is 15.3 Å². The van der Waals surface area contributed by atoms with Crippen molar-refractivity contribution in [1.29, 1.82) is 0 Å². The average Bonchev–Trinajstić information content (AvgIpc) is 2.25. The number of nitrogens with zero attached hydrogens (tertiary/aromatic N) is 2. The number of allylic oxidation sites excluding steroid dienone is 1. The lowest BCUT2D eigenvalue weighted by molar-refractivity contribution is 0.501. The van der Waals surface area contributed by atoms with E-state index >= 15 is 0 Å². The molecule has 1 unspecified atom stereocenters. The predicted octanol–water partition coefficient (Wildman–Crippen LogP) is 2.79. The highest BCUT2D eigenvalue weighted by atomic mass is 14.9. The highest BCUT2D eigenvalue weighted by molar-refractivity contribution is 5.06. The van der Waals surface area contributed by atoms with Gasteiger partial charge in [0.2, 0.25) is 0 Å². The van der Waals surface area contributed by atoms with E-state index in [0.717, 1.165) is 30.8 Å². The molecule has 0 radical (unpaired) electrons. The molecular weight excluding hydrogens is 198 g/mol.